The first-order chi connectivity index (χ1) is 7.22. The Morgan fingerprint density at radius 1 is 1.13 bits per heavy atom. The Bertz CT molecular complexity index is 232. The van der Waals surface area contributed by atoms with Gasteiger partial charge in [-0.25, -0.2) is 0 Å². The van der Waals surface area contributed by atoms with E-state index in [-0.39, 0.29) is 0 Å². The number of fused-ring (bicyclic) bond motifs is 5. The molecule has 0 aliphatic heterocycles. The van der Waals surface area contributed by atoms with Crippen LogP contribution in [0.3, 0.4) is 0 Å². The molecular weight excluding hydrogens is 182 g/mol. The average molecular weight is 207 g/mol. The van der Waals surface area contributed by atoms with Crippen LogP contribution in [0.4, 0.5) is 0 Å². The molecule has 3 rings (SSSR count). The maximum atomic E-state index is 3.59. The fourth-order valence-corrected chi connectivity index (χ4v) is 4.91. The van der Waals surface area contributed by atoms with Gasteiger partial charge in [0, 0.05) is 6.04 Å². The lowest BCUT2D eigenvalue weighted by Gasteiger charge is -2.21. The van der Waals surface area contributed by atoms with Crippen LogP contribution in [0, 0.1) is 35.5 Å². The van der Waals surface area contributed by atoms with Crippen molar-refractivity contribution in [2.45, 2.75) is 45.6 Å². The van der Waals surface area contributed by atoms with Gasteiger partial charge in [0.25, 0.3) is 0 Å². The molecule has 0 aromatic carbocycles. The summed E-state index contributed by atoms with van der Waals surface area (Å²) in [6, 6.07) is 0.823. The average Bonchev–Trinajstić information content (AvgIpc) is 2.64. The van der Waals surface area contributed by atoms with Crippen LogP contribution in [0.15, 0.2) is 0 Å². The third-order valence-corrected chi connectivity index (χ3v) is 5.36. The quantitative estimate of drug-likeness (QED) is 0.747. The fourth-order valence-electron chi connectivity index (χ4n) is 4.91. The lowest BCUT2D eigenvalue weighted by Crippen LogP contribution is -2.31. The Kier molecular flexibility index (Phi) is 2.35. The van der Waals surface area contributed by atoms with Crippen LogP contribution in [-0.4, -0.2) is 13.1 Å². The molecule has 1 N–H and O–H groups in total. The van der Waals surface area contributed by atoms with E-state index in [1.807, 2.05) is 0 Å². The largest absolute Gasteiger partial charge is 0.317 e. The van der Waals surface area contributed by atoms with Crippen LogP contribution < -0.4 is 5.32 Å². The van der Waals surface area contributed by atoms with E-state index in [1.54, 1.807) is 19.3 Å². The van der Waals surface area contributed by atoms with Crippen molar-refractivity contribution in [3.63, 3.8) is 0 Å². The molecule has 0 heterocycles. The number of rotatable bonds is 4. The van der Waals surface area contributed by atoms with Crippen LogP contribution in [0.25, 0.3) is 0 Å². The predicted molar refractivity (Wildman–Crippen MR) is 63.6 cm³/mol. The van der Waals surface area contributed by atoms with Gasteiger partial charge in [-0.15, -0.1) is 0 Å². The molecule has 0 amide bonds. The first-order valence-corrected chi connectivity index (χ1v) is 6.89. The van der Waals surface area contributed by atoms with E-state index >= 15 is 0 Å². The van der Waals surface area contributed by atoms with Gasteiger partial charge in [-0.1, -0.05) is 13.8 Å². The van der Waals surface area contributed by atoms with Gasteiger partial charge in [0.2, 0.25) is 0 Å². The van der Waals surface area contributed by atoms with Gasteiger partial charge in [-0.05, 0) is 68.2 Å². The lowest BCUT2D eigenvalue weighted by atomic mass is 9.92. The maximum Gasteiger partial charge on any atom is 0.0100 e. The van der Waals surface area contributed by atoms with Crippen LogP contribution in [0.2, 0.25) is 0 Å². The third-order valence-electron chi connectivity index (χ3n) is 5.36. The van der Waals surface area contributed by atoms with E-state index < -0.39 is 0 Å². The van der Waals surface area contributed by atoms with Crippen LogP contribution in [0.1, 0.15) is 39.5 Å². The molecule has 5 atom stereocenters. The van der Waals surface area contributed by atoms with Crippen LogP contribution >= 0.6 is 0 Å². The molecule has 1 heteroatoms. The summed E-state index contributed by atoms with van der Waals surface area (Å²) in [7, 11) is 2.17. The van der Waals surface area contributed by atoms with Crippen molar-refractivity contribution in [1.29, 1.82) is 0 Å². The summed E-state index contributed by atoms with van der Waals surface area (Å²) in [4.78, 5) is 0. The highest BCUT2D eigenvalue weighted by Crippen LogP contribution is 2.70. The molecule has 86 valence electrons. The Morgan fingerprint density at radius 3 is 2.20 bits per heavy atom. The van der Waals surface area contributed by atoms with Gasteiger partial charge < -0.3 is 5.32 Å². The van der Waals surface area contributed by atoms with Crippen molar-refractivity contribution in [3.05, 3.63) is 0 Å². The highest BCUT2D eigenvalue weighted by atomic mass is 14.9. The van der Waals surface area contributed by atoms with E-state index in [2.05, 4.69) is 26.2 Å². The number of nitrogens with one attached hydrogen (secondary N) is 1. The van der Waals surface area contributed by atoms with E-state index in [1.165, 1.54) is 6.42 Å². The predicted octanol–water partition coefficient (Wildman–Crippen LogP) is 2.91. The molecule has 3 fully saturated rings. The highest BCUT2D eigenvalue weighted by Gasteiger charge is 2.66. The zero-order valence-electron chi connectivity index (χ0n) is 10.4. The number of hydrogen-bond acceptors (Lipinski definition) is 1. The molecular formula is C14H25N. The Hall–Kier alpha value is -0.0400. The second-order valence-electron chi connectivity index (χ2n) is 6.59. The first-order valence-electron chi connectivity index (χ1n) is 6.89. The minimum atomic E-state index is 0.823. The van der Waals surface area contributed by atoms with Gasteiger partial charge in [0.15, 0.2) is 0 Å². The van der Waals surface area contributed by atoms with Crippen molar-refractivity contribution >= 4 is 0 Å². The zero-order chi connectivity index (χ0) is 10.6. The maximum absolute atomic E-state index is 3.59. The van der Waals surface area contributed by atoms with E-state index in [0.717, 1.165) is 41.5 Å². The molecule has 0 aromatic heterocycles. The molecule has 0 aromatic rings. The third kappa shape index (κ3) is 1.46. The Labute approximate surface area is 94.0 Å². The standard InChI is InChI=1S/C14H25N/c1-8(2)6-11(15-3)14-12-9-4-5-10(7-9)13(12)14/h8-15H,4-7H2,1-3H3. The van der Waals surface area contributed by atoms with Crippen molar-refractivity contribution in [3.8, 4) is 0 Å². The molecule has 15 heavy (non-hydrogen) atoms. The normalized spacial score (nSPS) is 48.4. The summed E-state index contributed by atoms with van der Waals surface area (Å²) in [5.41, 5.74) is 0. The second kappa shape index (κ2) is 3.48. The summed E-state index contributed by atoms with van der Waals surface area (Å²) in [6.45, 7) is 4.72. The summed E-state index contributed by atoms with van der Waals surface area (Å²) in [5, 5.41) is 3.59. The minimum Gasteiger partial charge on any atom is -0.317 e. The molecule has 3 aliphatic rings. The number of hydrogen-bond donors (Lipinski definition) is 1. The van der Waals surface area contributed by atoms with Gasteiger partial charge in [-0.2, -0.15) is 0 Å². The molecule has 5 unspecified atom stereocenters. The molecule has 0 radical (unpaired) electrons. The van der Waals surface area contributed by atoms with Crippen LogP contribution in [-0.2, 0) is 0 Å². The molecule has 0 saturated heterocycles. The van der Waals surface area contributed by atoms with Crippen LogP contribution in [0.5, 0.6) is 0 Å². The molecule has 0 spiro atoms. The van der Waals surface area contributed by atoms with Crippen molar-refractivity contribution in [2.75, 3.05) is 7.05 Å². The molecule has 1 nitrogen and oxygen atoms in total. The monoisotopic (exact) mass is 207 g/mol. The summed E-state index contributed by atoms with van der Waals surface area (Å²) >= 11 is 0. The summed E-state index contributed by atoms with van der Waals surface area (Å²) in [6.07, 6.45) is 6.08. The zero-order valence-corrected chi connectivity index (χ0v) is 10.4. The van der Waals surface area contributed by atoms with Gasteiger partial charge in [0.1, 0.15) is 0 Å². The second-order valence-corrected chi connectivity index (χ2v) is 6.59. The van der Waals surface area contributed by atoms with Gasteiger partial charge >= 0.3 is 0 Å². The van der Waals surface area contributed by atoms with Gasteiger partial charge in [-0.3, -0.25) is 0 Å². The van der Waals surface area contributed by atoms with Crippen molar-refractivity contribution in [1.82, 2.24) is 5.32 Å². The Morgan fingerprint density at radius 2 is 1.73 bits per heavy atom. The SMILES string of the molecule is CNC(CC(C)C)C1C2C3CCC(C3)C21. The molecule has 3 aliphatic carbocycles. The van der Waals surface area contributed by atoms with E-state index in [0.29, 0.717) is 0 Å². The molecule has 2 bridgehead atoms. The van der Waals surface area contributed by atoms with E-state index in [9.17, 15) is 0 Å². The van der Waals surface area contributed by atoms with E-state index in [4.69, 9.17) is 0 Å². The van der Waals surface area contributed by atoms with Crippen molar-refractivity contribution in [2.24, 2.45) is 35.5 Å². The first kappa shape index (κ1) is 10.1. The highest BCUT2D eigenvalue weighted by molar-refractivity contribution is 5.15. The Balaban J connectivity index is 1.65. The van der Waals surface area contributed by atoms with Gasteiger partial charge in [0.05, 0.1) is 0 Å². The minimum absolute atomic E-state index is 0.823. The lowest BCUT2D eigenvalue weighted by molar-refractivity contribution is 0.335. The smallest absolute Gasteiger partial charge is 0.0100 e. The topological polar surface area (TPSA) is 12.0 Å². The summed E-state index contributed by atoms with van der Waals surface area (Å²) in [5.74, 6) is 6.45. The molecule has 3 saturated carbocycles. The fraction of sp³-hybridized carbons (Fsp3) is 1.00. The van der Waals surface area contributed by atoms with Crippen molar-refractivity contribution < 1.29 is 0 Å². The summed E-state index contributed by atoms with van der Waals surface area (Å²) < 4.78 is 0.